The van der Waals surface area contributed by atoms with Gasteiger partial charge in [0.1, 0.15) is 0 Å². The summed E-state index contributed by atoms with van der Waals surface area (Å²) in [4.78, 5) is 11.8. The van der Waals surface area contributed by atoms with Gasteiger partial charge in [-0.1, -0.05) is 37.3 Å². The third-order valence-corrected chi connectivity index (χ3v) is 4.07. The van der Waals surface area contributed by atoms with Crippen molar-refractivity contribution in [3.63, 3.8) is 0 Å². The molecule has 0 aromatic heterocycles. The topological polar surface area (TPSA) is 75.3 Å². The summed E-state index contributed by atoms with van der Waals surface area (Å²) in [6.07, 6.45) is 0.733. The first-order valence-corrected chi connectivity index (χ1v) is 7.01. The molecule has 5 heteroatoms. The molecule has 18 heavy (non-hydrogen) atoms. The van der Waals surface area contributed by atoms with Gasteiger partial charge in [0, 0.05) is 17.6 Å². The first-order chi connectivity index (χ1) is 8.69. The van der Waals surface area contributed by atoms with Crippen molar-refractivity contribution in [2.75, 3.05) is 12.4 Å². The normalized spacial score (nSPS) is 13.9. The molecule has 0 aliphatic heterocycles. The molecule has 0 spiro atoms. The Kier molecular flexibility index (Phi) is 6.78. The van der Waals surface area contributed by atoms with E-state index in [1.54, 1.807) is 11.8 Å². The third-order valence-electron chi connectivity index (χ3n) is 2.74. The summed E-state index contributed by atoms with van der Waals surface area (Å²) in [7, 11) is 0. The Bertz CT molecular complexity index is 359. The number of benzene rings is 1. The van der Waals surface area contributed by atoms with Gasteiger partial charge in [-0.25, -0.2) is 5.84 Å². The van der Waals surface area contributed by atoms with Gasteiger partial charge in [0.2, 0.25) is 5.91 Å². The predicted molar refractivity (Wildman–Crippen MR) is 75.1 cm³/mol. The Morgan fingerprint density at radius 3 is 2.67 bits per heavy atom. The molecular weight excluding hydrogens is 248 g/mol. The van der Waals surface area contributed by atoms with Crippen LogP contribution in [0, 0.1) is 0 Å². The number of carbonyl (C=O) groups is 1. The molecule has 0 aliphatic carbocycles. The average molecular weight is 268 g/mol. The van der Waals surface area contributed by atoms with E-state index in [0.29, 0.717) is 11.0 Å². The second kappa shape index (κ2) is 8.13. The maximum atomic E-state index is 11.8. The number of aliphatic hydroxyl groups excluding tert-OH is 1. The van der Waals surface area contributed by atoms with Crippen LogP contribution in [-0.2, 0) is 4.79 Å². The molecule has 1 aromatic rings. The van der Waals surface area contributed by atoms with Crippen LogP contribution in [0.25, 0.3) is 0 Å². The molecule has 0 saturated heterocycles. The number of amides is 1. The van der Waals surface area contributed by atoms with E-state index in [0.717, 1.165) is 12.0 Å². The fourth-order valence-electron chi connectivity index (χ4n) is 1.63. The summed E-state index contributed by atoms with van der Waals surface area (Å²) in [5, 5.41) is 9.19. The number of thioether (sulfide) groups is 1. The smallest absolute Gasteiger partial charge is 0.242 e. The number of hydrazine groups is 1. The van der Waals surface area contributed by atoms with Gasteiger partial charge >= 0.3 is 0 Å². The first kappa shape index (κ1) is 15.0. The molecule has 1 amide bonds. The highest BCUT2D eigenvalue weighted by Gasteiger charge is 2.20. The van der Waals surface area contributed by atoms with Crippen LogP contribution in [0.1, 0.15) is 24.8 Å². The standard InChI is InChI=1S/C13H20N2O2S/c1-10(7-8-16)18-9-12(13(17)15-14)11-5-3-2-4-6-11/h2-6,10,12,16H,7-9,14H2,1H3,(H,15,17). The number of rotatable bonds is 7. The zero-order valence-corrected chi connectivity index (χ0v) is 11.3. The molecule has 1 rings (SSSR count). The molecule has 4 nitrogen and oxygen atoms in total. The van der Waals surface area contributed by atoms with Crippen LogP contribution in [0.5, 0.6) is 0 Å². The quantitative estimate of drug-likeness (QED) is 0.395. The van der Waals surface area contributed by atoms with Crippen LogP contribution in [-0.4, -0.2) is 28.6 Å². The molecule has 4 N–H and O–H groups in total. The van der Waals surface area contributed by atoms with Crippen LogP contribution >= 0.6 is 11.8 Å². The van der Waals surface area contributed by atoms with Crippen LogP contribution in [0.4, 0.5) is 0 Å². The van der Waals surface area contributed by atoms with Crippen LogP contribution < -0.4 is 11.3 Å². The van der Waals surface area contributed by atoms with E-state index in [4.69, 9.17) is 10.9 Å². The molecule has 100 valence electrons. The molecule has 0 fully saturated rings. The summed E-state index contributed by atoms with van der Waals surface area (Å²) >= 11 is 1.67. The average Bonchev–Trinajstić information content (AvgIpc) is 2.40. The zero-order valence-electron chi connectivity index (χ0n) is 10.5. The summed E-state index contributed by atoms with van der Waals surface area (Å²) in [5.74, 6) is 5.46. The van der Waals surface area contributed by atoms with Crippen LogP contribution in [0.2, 0.25) is 0 Å². The lowest BCUT2D eigenvalue weighted by molar-refractivity contribution is -0.122. The fraction of sp³-hybridized carbons (Fsp3) is 0.462. The number of nitrogens with two attached hydrogens (primary N) is 1. The summed E-state index contributed by atoms with van der Waals surface area (Å²) in [5.41, 5.74) is 3.18. The lowest BCUT2D eigenvalue weighted by Gasteiger charge is -2.17. The number of hydrogen-bond donors (Lipinski definition) is 3. The van der Waals surface area contributed by atoms with E-state index in [2.05, 4.69) is 5.43 Å². The first-order valence-electron chi connectivity index (χ1n) is 5.97. The maximum Gasteiger partial charge on any atom is 0.242 e. The summed E-state index contributed by atoms with van der Waals surface area (Å²) < 4.78 is 0. The minimum absolute atomic E-state index is 0.174. The second-order valence-electron chi connectivity index (χ2n) is 4.13. The predicted octanol–water partition coefficient (Wildman–Crippen LogP) is 1.26. The van der Waals surface area contributed by atoms with E-state index >= 15 is 0 Å². The molecule has 0 saturated carbocycles. The number of aliphatic hydroxyl groups is 1. The van der Waals surface area contributed by atoms with Gasteiger partial charge in [-0.05, 0) is 12.0 Å². The zero-order chi connectivity index (χ0) is 13.4. The van der Waals surface area contributed by atoms with Crippen molar-refractivity contribution in [1.29, 1.82) is 0 Å². The lowest BCUT2D eigenvalue weighted by Crippen LogP contribution is -2.36. The van der Waals surface area contributed by atoms with Crippen LogP contribution in [0.15, 0.2) is 30.3 Å². The third kappa shape index (κ3) is 4.68. The van der Waals surface area contributed by atoms with Gasteiger partial charge in [-0.15, -0.1) is 0 Å². The van der Waals surface area contributed by atoms with E-state index in [9.17, 15) is 4.79 Å². The van der Waals surface area contributed by atoms with E-state index < -0.39 is 0 Å². The van der Waals surface area contributed by atoms with Gasteiger partial charge in [0.05, 0.1) is 5.92 Å². The minimum atomic E-state index is -0.248. The van der Waals surface area contributed by atoms with Crippen molar-refractivity contribution in [2.24, 2.45) is 5.84 Å². The Morgan fingerprint density at radius 1 is 1.44 bits per heavy atom. The van der Waals surface area contributed by atoms with Crippen molar-refractivity contribution >= 4 is 17.7 Å². The Hall–Kier alpha value is -1.04. The van der Waals surface area contributed by atoms with Crippen molar-refractivity contribution in [2.45, 2.75) is 24.5 Å². The van der Waals surface area contributed by atoms with Gasteiger partial charge in [0.25, 0.3) is 0 Å². The minimum Gasteiger partial charge on any atom is -0.396 e. The summed E-state index contributed by atoms with van der Waals surface area (Å²) in [6.45, 7) is 2.22. The highest BCUT2D eigenvalue weighted by atomic mass is 32.2. The number of carbonyl (C=O) groups excluding carboxylic acids is 1. The van der Waals surface area contributed by atoms with Crippen molar-refractivity contribution in [1.82, 2.24) is 5.43 Å². The molecule has 2 unspecified atom stereocenters. The van der Waals surface area contributed by atoms with Crippen molar-refractivity contribution in [3.05, 3.63) is 35.9 Å². The number of hydrogen-bond acceptors (Lipinski definition) is 4. The molecular formula is C13H20N2O2S. The Morgan fingerprint density at radius 2 is 2.11 bits per heavy atom. The maximum absolute atomic E-state index is 11.8. The van der Waals surface area contributed by atoms with Crippen LogP contribution in [0.3, 0.4) is 0 Å². The van der Waals surface area contributed by atoms with Gasteiger partial charge in [-0.2, -0.15) is 11.8 Å². The lowest BCUT2D eigenvalue weighted by atomic mass is 10.0. The van der Waals surface area contributed by atoms with Crippen molar-refractivity contribution in [3.8, 4) is 0 Å². The Balaban J connectivity index is 2.66. The molecule has 2 atom stereocenters. The molecule has 0 heterocycles. The Labute approximate surface area is 112 Å². The largest absolute Gasteiger partial charge is 0.396 e. The monoisotopic (exact) mass is 268 g/mol. The van der Waals surface area contributed by atoms with Gasteiger partial charge < -0.3 is 5.11 Å². The molecule has 1 aromatic carbocycles. The van der Waals surface area contributed by atoms with Gasteiger partial charge in [0.15, 0.2) is 0 Å². The van der Waals surface area contributed by atoms with E-state index in [1.807, 2.05) is 37.3 Å². The van der Waals surface area contributed by atoms with E-state index in [-0.39, 0.29) is 18.4 Å². The molecule has 0 bridgehead atoms. The highest BCUT2D eigenvalue weighted by molar-refractivity contribution is 7.99. The highest BCUT2D eigenvalue weighted by Crippen LogP contribution is 2.24. The second-order valence-corrected chi connectivity index (χ2v) is 5.60. The fourth-order valence-corrected chi connectivity index (χ4v) is 2.77. The summed E-state index contributed by atoms with van der Waals surface area (Å²) in [6, 6.07) is 9.60. The molecule has 0 aliphatic rings. The van der Waals surface area contributed by atoms with E-state index in [1.165, 1.54) is 0 Å². The van der Waals surface area contributed by atoms with Gasteiger partial charge in [-0.3, -0.25) is 10.2 Å². The number of nitrogens with one attached hydrogen (secondary N) is 1. The molecule has 0 radical (unpaired) electrons. The SMILES string of the molecule is CC(CCO)SCC(C(=O)NN)c1ccccc1. The van der Waals surface area contributed by atoms with Crippen molar-refractivity contribution < 1.29 is 9.90 Å².